The van der Waals surface area contributed by atoms with Gasteiger partial charge in [0.2, 0.25) is 0 Å². The van der Waals surface area contributed by atoms with Crippen LogP contribution in [0, 0.1) is 0 Å². The maximum Gasteiger partial charge on any atom is 0.318 e. The van der Waals surface area contributed by atoms with Gasteiger partial charge in [-0.15, -0.1) is 0 Å². The van der Waals surface area contributed by atoms with Gasteiger partial charge in [-0.25, -0.2) is 9.98 Å². The fraction of sp³-hybridized carbons (Fsp3) is 0.263. The molecular weight excluding hydrogens is 403 g/mol. The summed E-state index contributed by atoms with van der Waals surface area (Å²) >= 11 is 12.0. The van der Waals surface area contributed by atoms with E-state index in [-0.39, 0.29) is 27.0 Å². The summed E-state index contributed by atoms with van der Waals surface area (Å²) in [4.78, 5) is 33.6. The van der Waals surface area contributed by atoms with Crippen molar-refractivity contribution in [3.05, 3.63) is 57.9 Å². The van der Waals surface area contributed by atoms with Crippen LogP contribution in [0.4, 0.5) is 0 Å². The number of hydrogen-bond donors (Lipinski definition) is 1. The van der Waals surface area contributed by atoms with Crippen molar-refractivity contribution in [1.82, 2.24) is 14.3 Å². The summed E-state index contributed by atoms with van der Waals surface area (Å²) in [6.07, 6.45) is 9.90. The number of aromatic nitrogens is 3. The summed E-state index contributed by atoms with van der Waals surface area (Å²) < 4.78 is 2.64. The summed E-state index contributed by atoms with van der Waals surface area (Å²) in [6, 6.07) is 3.76. The minimum absolute atomic E-state index is 0.0498. The van der Waals surface area contributed by atoms with Gasteiger partial charge in [-0.3, -0.25) is 9.59 Å². The zero-order valence-electron chi connectivity index (χ0n) is 14.7. The number of fused-ring (bicyclic) bond motifs is 1. The highest BCUT2D eigenvalue weighted by atomic mass is 35.5. The van der Waals surface area contributed by atoms with Gasteiger partial charge in [-0.05, 0) is 25.0 Å². The van der Waals surface area contributed by atoms with E-state index in [2.05, 4.69) is 9.98 Å². The lowest BCUT2D eigenvalue weighted by Crippen LogP contribution is -2.18. The van der Waals surface area contributed by atoms with Gasteiger partial charge in [0.05, 0.1) is 28.0 Å². The van der Waals surface area contributed by atoms with E-state index in [1.54, 1.807) is 24.5 Å². The zero-order valence-corrected chi connectivity index (χ0v) is 16.2. The van der Waals surface area contributed by atoms with Crippen LogP contribution in [0.1, 0.15) is 42.1 Å². The zero-order chi connectivity index (χ0) is 19.8. The Hall–Kier alpha value is -2.64. The van der Waals surface area contributed by atoms with Crippen LogP contribution in [-0.4, -0.2) is 31.2 Å². The molecule has 1 fully saturated rings. The Morgan fingerprint density at radius 1 is 1.14 bits per heavy atom. The smallest absolute Gasteiger partial charge is 0.318 e. The molecule has 1 aliphatic carbocycles. The quantitative estimate of drug-likeness (QED) is 0.397. The molecule has 1 amide bonds. The van der Waals surface area contributed by atoms with E-state index in [1.807, 2.05) is 4.57 Å². The lowest BCUT2D eigenvalue weighted by Gasteiger charge is -2.11. The van der Waals surface area contributed by atoms with Crippen LogP contribution in [0.2, 0.25) is 10.0 Å². The van der Waals surface area contributed by atoms with E-state index < -0.39 is 11.7 Å². The fourth-order valence-corrected chi connectivity index (χ4v) is 4.14. The number of halogens is 2. The van der Waals surface area contributed by atoms with Crippen molar-refractivity contribution in [3.63, 3.8) is 0 Å². The molecule has 144 valence electrons. The van der Waals surface area contributed by atoms with E-state index >= 15 is 0 Å². The number of rotatable bonds is 3. The average Bonchev–Trinajstić information content (AvgIpc) is 3.31. The van der Waals surface area contributed by atoms with Crippen LogP contribution in [0.3, 0.4) is 0 Å². The van der Waals surface area contributed by atoms with Gasteiger partial charge in [0.15, 0.2) is 0 Å². The lowest BCUT2D eigenvalue weighted by molar-refractivity contribution is -0.114. The third kappa shape index (κ3) is 3.31. The summed E-state index contributed by atoms with van der Waals surface area (Å²) in [7, 11) is 0. The fourth-order valence-electron chi connectivity index (χ4n) is 3.60. The van der Waals surface area contributed by atoms with Gasteiger partial charge in [-0.1, -0.05) is 36.0 Å². The summed E-state index contributed by atoms with van der Waals surface area (Å²) in [6.45, 7) is 0. The first kappa shape index (κ1) is 18.7. The standard InChI is InChI=1S/C19H16Cl2N4O3/c20-14-9-24(28)10-15(21)16(14)23-19(27)17(26)13-8-25(11-4-1-2-5-11)18-12(13)6-3-7-22-18/h3,6-11,28H,1-2,4-5H2. The van der Waals surface area contributed by atoms with Crippen molar-refractivity contribution in [2.45, 2.75) is 31.7 Å². The monoisotopic (exact) mass is 418 g/mol. The third-order valence-electron chi connectivity index (χ3n) is 4.90. The van der Waals surface area contributed by atoms with E-state index in [4.69, 9.17) is 23.2 Å². The van der Waals surface area contributed by atoms with E-state index in [9.17, 15) is 14.8 Å². The van der Waals surface area contributed by atoms with Gasteiger partial charge in [0.25, 0.3) is 5.78 Å². The van der Waals surface area contributed by atoms with Crippen LogP contribution < -0.4 is 5.36 Å². The Bertz CT molecular complexity index is 1130. The molecule has 9 heteroatoms. The SMILES string of the molecule is O=C(N=c1c(Cl)cn(O)cc1Cl)C(=O)c1cn(C2CCCC2)c2ncccc12. The van der Waals surface area contributed by atoms with Crippen LogP contribution in [0.25, 0.3) is 11.0 Å². The summed E-state index contributed by atoms with van der Waals surface area (Å²) in [5.74, 6) is -1.75. The molecule has 3 heterocycles. The molecule has 0 saturated heterocycles. The van der Waals surface area contributed by atoms with Gasteiger partial charge in [0, 0.05) is 23.8 Å². The second kappa shape index (κ2) is 7.41. The van der Waals surface area contributed by atoms with Crippen molar-refractivity contribution in [2.75, 3.05) is 0 Å². The molecule has 3 aromatic rings. The average molecular weight is 419 g/mol. The summed E-state index contributed by atoms with van der Waals surface area (Å²) in [5.41, 5.74) is 0.937. The molecule has 0 atom stereocenters. The predicted octanol–water partition coefficient (Wildman–Crippen LogP) is 3.81. The molecule has 0 unspecified atom stereocenters. The largest absolute Gasteiger partial charge is 0.429 e. The molecule has 4 rings (SSSR count). The van der Waals surface area contributed by atoms with Crippen LogP contribution in [0.5, 0.6) is 0 Å². The van der Waals surface area contributed by atoms with Crippen LogP contribution in [-0.2, 0) is 4.79 Å². The molecule has 0 spiro atoms. The first-order valence-corrected chi connectivity index (χ1v) is 9.57. The number of Topliss-reactive ketones (excluding diaryl/α,β-unsaturated/α-hetero) is 1. The second-order valence-electron chi connectivity index (χ2n) is 6.69. The van der Waals surface area contributed by atoms with Crippen molar-refractivity contribution in [3.8, 4) is 0 Å². The second-order valence-corrected chi connectivity index (χ2v) is 7.51. The molecule has 3 aromatic heterocycles. The molecule has 28 heavy (non-hydrogen) atoms. The predicted molar refractivity (Wildman–Crippen MR) is 104 cm³/mol. The Morgan fingerprint density at radius 3 is 2.50 bits per heavy atom. The minimum Gasteiger partial charge on any atom is -0.429 e. The Labute approximate surface area is 169 Å². The molecule has 0 aliphatic heterocycles. The molecule has 7 nitrogen and oxygen atoms in total. The summed E-state index contributed by atoms with van der Waals surface area (Å²) in [5, 5.41) is 9.86. The number of pyridine rings is 2. The topological polar surface area (TPSA) is 89.5 Å². The lowest BCUT2D eigenvalue weighted by atomic mass is 10.1. The number of carbonyl (C=O) groups is 2. The molecule has 1 N–H and O–H groups in total. The number of carbonyl (C=O) groups excluding carboxylic acids is 2. The molecule has 0 bridgehead atoms. The maximum absolute atomic E-state index is 12.9. The van der Waals surface area contributed by atoms with Crippen molar-refractivity contribution < 1.29 is 14.8 Å². The molecule has 1 saturated carbocycles. The van der Waals surface area contributed by atoms with Crippen molar-refractivity contribution >= 4 is 45.9 Å². The first-order valence-electron chi connectivity index (χ1n) is 8.81. The van der Waals surface area contributed by atoms with E-state index in [0.29, 0.717) is 15.8 Å². The third-order valence-corrected chi connectivity index (χ3v) is 5.46. The maximum atomic E-state index is 12.9. The number of nitrogens with zero attached hydrogens (tertiary/aromatic N) is 4. The van der Waals surface area contributed by atoms with Crippen molar-refractivity contribution in [1.29, 1.82) is 0 Å². The highest BCUT2D eigenvalue weighted by molar-refractivity contribution is 6.45. The van der Waals surface area contributed by atoms with Crippen molar-refractivity contribution in [2.24, 2.45) is 4.99 Å². The highest BCUT2D eigenvalue weighted by Gasteiger charge is 2.26. The van der Waals surface area contributed by atoms with E-state index in [0.717, 1.165) is 38.1 Å². The highest BCUT2D eigenvalue weighted by Crippen LogP contribution is 2.33. The molecular formula is C19H16Cl2N4O3. The number of ketones is 1. The van der Waals surface area contributed by atoms with Gasteiger partial charge >= 0.3 is 5.91 Å². The van der Waals surface area contributed by atoms with Gasteiger partial charge in [-0.2, -0.15) is 4.73 Å². The van der Waals surface area contributed by atoms with Gasteiger partial charge < -0.3 is 9.77 Å². The van der Waals surface area contributed by atoms with Crippen LogP contribution in [0.15, 0.2) is 41.9 Å². The molecule has 0 radical (unpaired) electrons. The molecule has 0 aromatic carbocycles. The number of amides is 1. The Morgan fingerprint density at radius 2 is 1.82 bits per heavy atom. The van der Waals surface area contributed by atoms with Crippen LogP contribution >= 0.6 is 23.2 Å². The Balaban J connectivity index is 1.77. The molecule has 1 aliphatic rings. The van der Waals surface area contributed by atoms with E-state index in [1.165, 1.54) is 0 Å². The first-order chi connectivity index (χ1) is 13.5. The normalized spacial score (nSPS) is 14.5. The minimum atomic E-state index is -0.992. The van der Waals surface area contributed by atoms with Gasteiger partial charge in [0.1, 0.15) is 11.0 Å². The Kier molecular flexibility index (Phi) is 4.95. The number of hydrogen-bond acceptors (Lipinski definition) is 4.